The van der Waals surface area contributed by atoms with Crippen LogP contribution in [-0.2, 0) is 0 Å². The Balaban J connectivity index is 1.48. The molecule has 7 atom stereocenters. The van der Waals surface area contributed by atoms with Gasteiger partial charge in [0, 0.05) is 19.8 Å². The minimum Gasteiger partial charge on any atom is -0.377 e. The van der Waals surface area contributed by atoms with E-state index in [1.807, 2.05) is 0 Å². The van der Waals surface area contributed by atoms with E-state index in [1.165, 1.54) is 69.9 Å². The first-order valence-electron chi connectivity index (χ1n) is 12.2. The van der Waals surface area contributed by atoms with Gasteiger partial charge in [0.15, 0.2) is 0 Å². The van der Waals surface area contributed by atoms with Crippen LogP contribution in [0.5, 0.6) is 0 Å². The highest BCUT2D eigenvalue weighted by Gasteiger charge is 2.58. The second-order valence-electron chi connectivity index (χ2n) is 11.6. The minimum atomic E-state index is 0.579. The molecule has 4 saturated carbocycles. The maximum atomic E-state index is 2.73. The summed E-state index contributed by atoms with van der Waals surface area (Å²) in [5.74, 6) is 4.74. The molecule has 0 N–H and O–H groups in total. The van der Waals surface area contributed by atoms with Gasteiger partial charge in [0.25, 0.3) is 0 Å². The molecular formula is C27H41N. The Morgan fingerprint density at radius 3 is 2.39 bits per heavy atom. The third-order valence-electron chi connectivity index (χ3n) is 10.3. The Bertz CT molecular complexity index is 723. The first kappa shape index (κ1) is 19.0. The van der Waals surface area contributed by atoms with Crippen molar-refractivity contribution in [2.75, 3.05) is 19.0 Å². The van der Waals surface area contributed by atoms with Crippen molar-refractivity contribution in [3.05, 3.63) is 29.8 Å². The second kappa shape index (κ2) is 6.78. The molecule has 4 fully saturated rings. The van der Waals surface area contributed by atoms with Crippen LogP contribution in [0.4, 0.5) is 5.69 Å². The maximum Gasteiger partial charge on any atom is 0.0396 e. The van der Waals surface area contributed by atoms with E-state index in [9.17, 15) is 0 Å². The lowest BCUT2D eigenvalue weighted by Gasteiger charge is -2.61. The highest BCUT2D eigenvalue weighted by atomic mass is 15.1. The first-order valence-corrected chi connectivity index (χ1v) is 12.2. The lowest BCUT2D eigenvalue weighted by Crippen LogP contribution is -2.53. The number of hydrogen-bond donors (Lipinski definition) is 0. The Labute approximate surface area is 173 Å². The van der Waals surface area contributed by atoms with Crippen LogP contribution in [0.3, 0.4) is 0 Å². The van der Waals surface area contributed by atoms with E-state index >= 15 is 0 Å². The second-order valence-corrected chi connectivity index (χ2v) is 11.6. The van der Waals surface area contributed by atoms with Gasteiger partial charge in [0.2, 0.25) is 0 Å². The van der Waals surface area contributed by atoms with Crippen LogP contribution in [-0.4, -0.2) is 14.1 Å². The summed E-state index contributed by atoms with van der Waals surface area (Å²) in [6.45, 7) is 5.38. The molecule has 4 aliphatic rings. The monoisotopic (exact) mass is 379 g/mol. The molecule has 28 heavy (non-hydrogen) atoms. The number of rotatable bonds is 2. The Morgan fingerprint density at radius 2 is 1.57 bits per heavy atom. The average Bonchev–Trinajstić information content (AvgIpc) is 3.09. The molecule has 0 spiro atoms. The maximum absolute atomic E-state index is 2.73. The summed E-state index contributed by atoms with van der Waals surface area (Å²) in [7, 11) is 4.44. The third kappa shape index (κ3) is 2.71. The molecule has 1 unspecified atom stereocenters. The van der Waals surface area contributed by atoms with Gasteiger partial charge in [-0.3, -0.25) is 0 Å². The van der Waals surface area contributed by atoms with E-state index in [4.69, 9.17) is 0 Å². The predicted octanol–water partition coefficient (Wildman–Crippen LogP) is 7.27. The molecule has 0 bridgehead atoms. The summed E-state index contributed by atoms with van der Waals surface area (Å²) in [5, 5.41) is 0. The zero-order valence-corrected chi connectivity index (χ0v) is 18.7. The molecule has 0 amide bonds. The fourth-order valence-electron chi connectivity index (χ4n) is 8.99. The van der Waals surface area contributed by atoms with Crippen LogP contribution >= 0.6 is 0 Å². The number of para-hydroxylation sites is 1. The number of fused-ring (bicyclic) bond motifs is 5. The lowest BCUT2D eigenvalue weighted by atomic mass is 9.43. The standard InChI is InChI=1S/C27H41N/c1-26-16-8-11-22(26)21-13-14-23-19(20-9-5-6-12-25(20)28(3)4)10-7-17-27(23,2)24(21)15-18-26/h5-6,9,12,19,21-24H,7-8,10-11,13-18H2,1-4H3/t19?,21-,22-,23-,24-,26-,27-/m0/s1. The molecule has 0 aromatic heterocycles. The zero-order valence-electron chi connectivity index (χ0n) is 18.7. The molecule has 0 heterocycles. The van der Waals surface area contributed by atoms with Gasteiger partial charge in [-0.1, -0.05) is 44.9 Å². The highest BCUT2D eigenvalue weighted by Crippen LogP contribution is 2.68. The summed E-state index contributed by atoms with van der Waals surface area (Å²) in [6, 6.07) is 9.30. The first-order chi connectivity index (χ1) is 13.4. The quantitative estimate of drug-likeness (QED) is 0.522. The Kier molecular flexibility index (Phi) is 4.60. The van der Waals surface area contributed by atoms with Crippen molar-refractivity contribution in [3.8, 4) is 0 Å². The SMILES string of the molecule is CN(C)c1ccccc1C1CCC[C@@]2(C)[C@H]1CC[C@H]1[C@@H]3CCC[C@@]3(C)CC[C@@H]12. The molecule has 0 aliphatic heterocycles. The summed E-state index contributed by atoms with van der Waals surface area (Å²) >= 11 is 0. The third-order valence-corrected chi connectivity index (χ3v) is 10.3. The molecule has 154 valence electrons. The fraction of sp³-hybridized carbons (Fsp3) is 0.778. The number of anilines is 1. The summed E-state index contributed by atoms with van der Waals surface area (Å²) < 4.78 is 0. The molecular weight excluding hydrogens is 338 g/mol. The van der Waals surface area contributed by atoms with Crippen molar-refractivity contribution in [2.24, 2.45) is 34.5 Å². The van der Waals surface area contributed by atoms with E-state index < -0.39 is 0 Å². The summed E-state index contributed by atoms with van der Waals surface area (Å²) in [4.78, 5) is 2.34. The topological polar surface area (TPSA) is 3.24 Å². The van der Waals surface area contributed by atoms with Crippen molar-refractivity contribution in [1.82, 2.24) is 0 Å². The molecule has 1 aromatic carbocycles. The van der Waals surface area contributed by atoms with E-state index in [1.54, 1.807) is 5.56 Å². The molecule has 5 rings (SSSR count). The number of benzene rings is 1. The van der Waals surface area contributed by atoms with Crippen LogP contribution in [0.1, 0.15) is 89.5 Å². The largest absolute Gasteiger partial charge is 0.377 e. The van der Waals surface area contributed by atoms with Gasteiger partial charge in [-0.2, -0.15) is 0 Å². The van der Waals surface area contributed by atoms with Gasteiger partial charge >= 0.3 is 0 Å². The van der Waals surface area contributed by atoms with Crippen molar-refractivity contribution in [1.29, 1.82) is 0 Å². The molecule has 1 nitrogen and oxygen atoms in total. The smallest absolute Gasteiger partial charge is 0.0396 e. The number of nitrogens with zero attached hydrogens (tertiary/aromatic N) is 1. The van der Waals surface area contributed by atoms with Gasteiger partial charge in [0.1, 0.15) is 0 Å². The molecule has 0 radical (unpaired) electrons. The van der Waals surface area contributed by atoms with Gasteiger partial charge < -0.3 is 4.90 Å². The minimum absolute atomic E-state index is 0.579. The van der Waals surface area contributed by atoms with Gasteiger partial charge in [-0.05, 0) is 103 Å². The van der Waals surface area contributed by atoms with Gasteiger partial charge in [-0.15, -0.1) is 0 Å². The van der Waals surface area contributed by atoms with E-state index in [2.05, 4.69) is 57.1 Å². The van der Waals surface area contributed by atoms with Crippen molar-refractivity contribution in [2.45, 2.75) is 84.0 Å². The highest BCUT2D eigenvalue weighted by molar-refractivity contribution is 5.54. The van der Waals surface area contributed by atoms with Crippen LogP contribution in [0, 0.1) is 34.5 Å². The lowest BCUT2D eigenvalue weighted by molar-refractivity contribution is -0.109. The normalized spacial score (nSPS) is 45.1. The summed E-state index contributed by atoms with van der Waals surface area (Å²) in [5.41, 5.74) is 4.37. The van der Waals surface area contributed by atoms with E-state index in [-0.39, 0.29) is 0 Å². The molecule has 1 aromatic rings. The average molecular weight is 380 g/mol. The van der Waals surface area contributed by atoms with E-state index in [0.717, 1.165) is 29.6 Å². The van der Waals surface area contributed by atoms with Crippen LogP contribution in [0.2, 0.25) is 0 Å². The van der Waals surface area contributed by atoms with Crippen LogP contribution in [0.25, 0.3) is 0 Å². The van der Waals surface area contributed by atoms with E-state index in [0.29, 0.717) is 10.8 Å². The molecule has 1 heteroatoms. The number of hydrogen-bond acceptors (Lipinski definition) is 1. The van der Waals surface area contributed by atoms with Crippen molar-refractivity contribution in [3.63, 3.8) is 0 Å². The fourth-order valence-corrected chi connectivity index (χ4v) is 8.99. The molecule has 4 aliphatic carbocycles. The Morgan fingerprint density at radius 1 is 0.786 bits per heavy atom. The zero-order chi connectivity index (χ0) is 19.5. The van der Waals surface area contributed by atoms with Crippen LogP contribution < -0.4 is 4.90 Å². The van der Waals surface area contributed by atoms with Gasteiger partial charge in [0.05, 0.1) is 0 Å². The van der Waals surface area contributed by atoms with Crippen molar-refractivity contribution < 1.29 is 0 Å². The predicted molar refractivity (Wildman–Crippen MR) is 120 cm³/mol. The van der Waals surface area contributed by atoms with Gasteiger partial charge in [-0.25, -0.2) is 0 Å². The Hall–Kier alpha value is -0.980. The van der Waals surface area contributed by atoms with Crippen molar-refractivity contribution >= 4 is 5.69 Å². The summed E-state index contributed by atoms with van der Waals surface area (Å²) in [6.07, 6.45) is 14.9. The molecule has 0 saturated heterocycles. The van der Waals surface area contributed by atoms with Crippen LogP contribution in [0.15, 0.2) is 24.3 Å².